The molecule has 1 unspecified atom stereocenters. The van der Waals surface area contributed by atoms with Crippen molar-refractivity contribution in [2.45, 2.75) is 12.6 Å². The average molecular weight is 213 g/mol. The number of nitrogens with two attached hydrogens (primary N) is 1. The third-order valence-corrected chi connectivity index (χ3v) is 2.25. The van der Waals surface area contributed by atoms with E-state index in [2.05, 4.69) is 10.1 Å². The Kier molecular flexibility index (Phi) is 2.94. The van der Waals surface area contributed by atoms with Crippen LogP contribution in [0.2, 0.25) is 0 Å². The van der Waals surface area contributed by atoms with Gasteiger partial charge in [0.05, 0.1) is 6.54 Å². The van der Waals surface area contributed by atoms with Crippen molar-refractivity contribution in [3.05, 3.63) is 48.0 Å². The molecule has 1 aromatic heterocycles. The molecule has 0 radical (unpaired) electrons. The molecule has 80 valence electrons. The van der Waals surface area contributed by atoms with Crippen LogP contribution < -0.4 is 5.73 Å². The molecule has 2 rings (SSSR count). The summed E-state index contributed by atoms with van der Waals surface area (Å²) in [5, 5.41) is 12.5. The maximum atomic E-state index is 8.58. The molecule has 0 bridgehead atoms. The molecule has 2 aromatic rings. The SMILES string of the molecule is N#Cc1ncn(CC(N)c2ccccc2)n1. The molecule has 0 aliphatic carbocycles. The Labute approximate surface area is 93.1 Å². The van der Waals surface area contributed by atoms with Crippen LogP contribution in [-0.4, -0.2) is 14.8 Å². The molecule has 0 spiro atoms. The summed E-state index contributed by atoms with van der Waals surface area (Å²) in [6.45, 7) is 0.513. The second-order valence-corrected chi connectivity index (χ2v) is 3.42. The molecule has 1 aromatic carbocycles. The lowest BCUT2D eigenvalue weighted by molar-refractivity contribution is 0.525. The van der Waals surface area contributed by atoms with Gasteiger partial charge in [-0.1, -0.05) is 30.3 Å². The highest BCUT2D eigenvalue weighted by molar-refractivity contribution is 5.18. The van der Waals surface area contributed by atoms with Crippen LogP contribution in [0, 0.1) is 11.3 Å². The maximum absolute atomic E-state index is 8.58. The van der Waals surface area contributed by atoms with E-state index in [0.717, 1.165) is 5.56 Å². The van der Waals surface area contributed by atoms with Crippen LogP contribution in [0.15, 0.2) is 36.7 Å². The third kappa shape index (κ3) is 2.24. The summed E-state index contributed by atoms with van der Waals surface area (Å²) in [7, 11) is 0. The molecule has 0 amide bonds. The van der Waals surface area contributed by atoms with E-state index >= 15 is 0 Å². The van der Waals surface area contributed by atoms with E-state index in [-0.39, 0.29) is 11.9 Å². The van der Waals surface area contributed by atoms with Crippen molar-refractivity contribution in [1.82, 2.24) is 14.8 Å². The largest absolute Gasteiger partial charge is 0.322 e. The van der Waals surface area contributed by atoms with Gasteiger partial charge in [-0.3, -0.25) is 0 Å². The monoisotopic (exact) mass is 213 g/mol. The highest BCUT2D eigenvalue weighted by atomic mass is 15.3. The van der Waals surface area contributed by atoms with E-state index in [4.69, 9.17) is 11.0 Å². The van der Waals surface area contributed by atoms with Gasteiger partial charge >= 0.3 is 0 Å². The summed E-state index contributed by atoms with van der Waals surface area (Å²) in [5.41, 5.74) is 7.04. The number of hydrogen-bond acceptors (Lipinski definition) is 4. The van der Waals surface area contributed by atoms with Gasteiger partial charge in [0.2, 0.25) is 0 Å². The number of benzene rings is 1. The summed E-state index contributed by atoms with van der Waals surface area (Å²) in [6, 6.07) is 11.5. The first-order valence-electron chi connectivity index (χ1n) is 4.89. The minimum absolute atomic E-state index is 0.144. The lowest BCUT2D eigenvalue weighted by atomic mass is 10.1. The van der Waals surface area contributed by atoms with Crippen molar-refractivity contribution in [2.75, 3.05) is 0 Å². The minimum Gasteiger partial charge on any atom is -0.322 e. The fourth-order valence-electron chi connectivity index (χ4n) is 1.44. The summed E-state index contributed by atoms with van der Waals surface area (Å²) in [4.78, 5) is 3.82. The molecule has 0 aliphatic heterocycles. The van der Waals surface area contributed by atoms with Gasteiger partial charge < -0.3 is 5.73 Å². The number of rotatable bonds is 3. The molecule has 0 fully saturated rings. The highest BCUT2D eigenvalue weighted by Crippen LogP contribution is 2.10. The fourth-order valence-corrected chi connectivity index (χ4v) is 1.44. The van der Waals surface area contributed by atoms with E-state index in [1.165, 1.54) is 6.33 Å². The Morgan fingerprint density at radius 3 is 2.75 bits per heavy atom. The second kappa shape index (κ2) is 4.55. The number of nitrogens with zero attached hydrogens (tertiary/aromatic N) is 4. The minimum atomic E-state index is -0.144. The molecule has 0 saturated heterocycles. The zero-order valence-electron chi connectivity index (χ0n) is 8.61. The van der Waals surface area contributed by atoms with Crippen LogP contribution in [-0.2, 0) is 6.54 Å². The summed E-state index contributed by atoms with van der Waals surface area (Å²) in [5.74, 6) is 0.167. The zero-order chi connectivity index (χ0) is 11.4. The predicted molar refractivity (Wildman–Crippen MR) is 58.1 cm³/mol. The van der Waals surface area contributed by atoms with Gasteiger partial charge in [-0.2, -0.15) is 5.26 Å². The first kappa shape index (κ1) is 10.3. The van der Waals surface area contributed by atoms with Gasteiger partial charge in [0.25, 0.3) is 5.82 Å². The van der Waals surface area contributed by atoms with Crippen molar-refractivity contribution >= 4 is 0 Å². The number of aromatic nitrogens is 3. The van der Waals surface area contributed by atoms with Crippen molar-refractivity contribution in [1.29, 1.82) is 5.26 Å². The number of hydrogen-bond donors (Lipinski definition) is 1. The van der Waals surface area contributed by atoms with Gasteiger partial charge in [0, 0.05) is 6.04 Å². The van der Waals surface area contributed by atoms with E-state index in [1.807, 2.05) is 36.4 Å². The van der Waals surface area contributed by atoms with Gasteiger partial charge in [-0.05, 0) is 5.56 Å². The molecular weight excluding hydrogens is 202 g/mol. The second-order valence-electron chi connectivity index (χ2n) is 3.42. The zero-order valence-corrected chi connectivity index (χ0v) is 8.61. The summed E-state index contributed by atoms with van der Waals surface area (Å²) in [6.07, 6.45) is 1.52. The third-order valence-electron chi connectivity index (χ3n) is 2.25. The van der Waals surface area contributed by atoms with Crippen molar-refractivity contribution < 1.29 is 0 Å². The molecule has 1 heterocycles. The van der Waals surface area contributed by atoms with Crippen LogP contribution >= 0.6 is 0 Å². The molecule has 0 saturated carbocycles. The molecule has 16 heavy (non-hydrogen) atoms. The van der Waals surface area contributed by atoms with Crippen molar-refractivity contribution in [3.63, 3.8) is 0 Å². The fraction of sp³-hybridized carbons (Fsp3) is 0.182. The Bertz CT molecular complexity index is 497. The summed E-state index contributed by atoms with van der Waals surface area (Å²) >= 11 is 0. The van der Waals surface area contributed by atoms with E-state index in [1.54, 1.807) is 4.68 Å². The van der Waals surface area contributed by atoms with Crippen LogP contribution in [0.3, 0.4) is 0 Å². The molecule has 2 N–H and O–H groups in total. The Morgan fingerprint density at radius 1 is 1.38 bits per heavy atom. The van der Waals surface area contributed by atoms with Crippen molar-refractivity contribution in [3.8, 4) is 6.07 Å². The van der Waals surface area contributed by atoms with Gasteiger partial charge in [-0.15, -0.1) is 5.10 Å². The number of nitriles is 1. The van der Waals surface area contributed by atoms with Gasteiger partial charge in [0.1, 0.15) is 12.4 Å². The lowest BCUT2D eigenvalue weighted by Crippen LogP contribution is -2.17. The molecule has 5 nitrogen and oxygen atoms in total. The normalized spacial score (nSPS) is 12.0. The quantitative estimate of drug-likeness (QED) is 0.819. The van der Waals surface area contributed by atoms with Gasteiger partial charge in [0.15, 0.2) is 0 Å². The maximum Gasteiger partial charge on any atom is 0.252 e. The Hall–Kier alpha value is -2.19. The predicted octanol–water partition coefficient (Wildman–Crippen LogP) is 0.850. The van der Waals surface area contributed by atoms with Crippen LogP contribution in [0.4, 0.5) is 0 Å². The van der Waals surface area contributed by atoms with Crippen molar-refractivity contribution in [2.24, 2.45) is 5.73 Å². The topological polar surface area (TPSA) is 80.5 Å². The smallest absolute Gasteiger partial charge is 0.252 e. The van der Waals surface area contributed by atoms with E-state index < -0.39 is 0 Å². The van der Waals surface area contributed by atoms with Crippen LogP contribution in [0.5, 0.6) is 0 Å². The van der Waals surface area contributed by atoms with Gasteiger partial charge in [-0.25, -0.2) is 9.67 Å². The standard InChI is InChI=1S/C11H11N5/c12-6-11-14-8-16(15-11)7-10(13)9-4-2-1-3-5-9/h1-5,8,10H,7,13H2. The van der Waals surface area contributed by atoms with E-state index in [9.17, 15) is 0 Å². The highest BCUT2D eigenvalue weighted by Gasteiger charge is 2.07. The Balaban J connectivity index is 2.08. The van der Waals surface area contributed by atoms with E-state index in [0.29, 0.717) is 6.54 Å². The molecule has 0 aliphatic rings. The Morgan fingerprint density at radius 2 is 2.12 bits per heavy atom. The first-order chi connectivity index (χ1) is 7.79. The average Bonchev–Trinajstić information content (AvgIpc) is 2.78. The van der Waals surface area contributed by atoms with Crippen LogP contribution in [0.1, 0.15) is 17.4 Å². The molecule has 5 heteroatoms. The van der Waals surface area contributed by atoms with Crippen LogP contribution in [0.25, 0.3) is 0 Å². The lowest BCUT2D eigenvalue weighted by Gasteiger charge is -2.10. The summed E-state index contributed by atoms with van der Waals surface area (Å²) < 4.78 is 1.58. The molecule has 1 atom stereocenters. The molecular formula is C11H11N5. The first-order valence-corrected chi connectivity index (χ1v) is 4.89.